The zero-order chi connectivity index (χ0) is 13.9. The molecule has 2 aliphatic heterocycles. The second-order valence-corrected chi connectivity index (χ2v) is 7.29. The third-order valence-electron chi connectivity index (χ3n) is 3.98. The van der Waals surface area contributed by atoms with Gasteiger partial charge in [0.15, 0.2) is 0 Å². The van der Waals surface area contributed by atoms with E-state index in [9.17, 15) is 9.00 Å². The predicted molar refractivity (Wildman–Crippen MR) is 78.3 cm³/mol. The van der Waals surface area contributed by atoms with Gasteiger partial charge in [-0.2, -0.15) is 0 Å². The molecule has 7 heteroatoms. The Morgan fingerprint density at radius 1 is 1.32 bits per heavy atom. The fraction of sp³-hybridized carbons (Fsp3) is 0.833. The highest BCUT2D eigenvalue weighted by molar-refractivity contribution is 7.85. The summed E-state index contributed by atoms with van der Waals surface area (Å²) in [4.78, 5) is 12.8. The Balaban J connectivity index is 2.00. The average Bonchev–Trinajstić information content (AvgIpc) is 2.42. The van der Waals surface area contributed by atoms with Crippen LogP contribution in [0.5, 0.6) is 0 Å². The van der Waals surface area contributed by atoms with E-state index in [1.807, 2.05) is 0 Å². The fourth-order valence-electron chi connectivity index (χ4n) is 2.57. The molecule has 0 radical (unpaired) electrons. The van der Waals surface area contributed by atoms with Crippen LogP contribution in [0.4, 0.5) is 0 Å². The van der Waals surface area contributed by atoms with Gasteiger partial charge in [0.2, 0.25) is 5.91 Å². The maximum absolute atomic E-state index is 12.5. The Morgan fingerprint density at radius 3 is 2.42 bits per heavy atom. The summed E-state index contributed by atoms with van der Waals surface area (Å²) in [6.45, 7) is 1.03. The van der Waals surface area contributed by atoms with Crippen LogP contribution in [0.2, 0.25) is 0 Å². The summed E-state index contributed by atoms with van der Waals surface area (Å²) in [5.74, 6) is 1.24. The molecule has 2 heterocycles. The van der Waals surface area contributed by atoms with Crippen molar-refractivity contribution in [1.82, 2.24) is 5.32 Å². The Bertz CT molecular complexity index is 384. The number of rotatable bonds is 3. The van der Waals surface area contributed by atoms with Crippen LogP contribution < -0.4 is 11.1 Å². The molecular formula is C12H20N2O3S2. The van der Waals surface area contributed by atoms with Gasteiger partial charge in [0.05, 0.1) is 4.99 Å². The van der Waals surface area contributed by atoms with Crippen molar-refractivity contribution < 1.29 is 13.7 Å². The minimum absolute atomic E-state index is 0.0824. The van der Waals surface area contributed by atoms with Gasteiger partial charge >= 0.3 is 0 Å². The van der Waals surface area contributed by atoms with E-state index in [1.54, 1.807) is 0 Å². The molecule has 0 aromatic heterocycles. The van der Waals surface area contributed by atoms with Crippen molar-refractivity contribution in [1.29, 1.82) is 0 Å². The van der Waals surface area contributed by atoms with Crippen LogP contribution >= 0.6 is 12.2 Å². The van der Waals surface area contributed by atoms with Crippen molar-refractivity contribution in [2.24, 2.45) is 11.1 Å². The minimum Gasteiger partial charge on any atom is -0.392 e. The maximum atomic E-state index is 12.5. The van der Waals surface area contributed by atoms with E-state index in [1.165, 1.54) is 0 Å². The topological polar surface area (TPSA) is 81.4 Å². The molecule has 0 unspecified atom stereocenters. The van der Waals surface area contributed by atoms with Gasteiger partial charge in [0, 0.05) is 41.6 Å². The summed E-state index contributed by atoms with van der Waals surface area (Å²) in [6.07, 6.45) is 2.63. The molecule has 3 N–H and O–H groups in total. The summed E-state index contributed by atoms with van der Waals surface area (Å²) < 4.78 is 16.6. The maximum Gasteiger partial charge on any atom is 0.233 e. The smallest absolute Gasteiger partial charge is 0.233 e. The Labute approximate surface area is 121 Å². The Kier molecular flexibility index (Phi) is 4.92. The molecule has 1 amide bonds. The van der Waals surface area contributed by atoms with Gasteiger partial charge < -0.3 is 15.8 Å². The lowest BCUT2D eigenvalue weighted by molar-refractivity contribution is -0.132. The number of hydrogen-bond acceptors (Lipinski definition) is 4. The second kappa shape index (κ2) is 6.28. The molecule has 2 rings (SSSR count). The first-order valence-corrected chi connectivity index (χ1v) is 8.48. The number of nitrogens with two attached hydrogens (primary N) is 1. The molecule has 0 saturated carbocycles. The van der Waals surface area contributed by atoms with Gasteiger partial charge in [-0.1, -0.05) is 12.2 Å². The molecule has 0 atom stereocenters. The van der Waals surface area contributed by atoms with Crippen LogP contribution in [-0.4, -0.2) is 45.9 Å². The highest BCUT2D eigenvalue weighted by atomic mass is 32.2. The van der Waals surface area contributed by atoms with Gasteiger partial charge in [-0.3, -0.25) is 9.00 Å². The molecule has 0 aromatic rings. The Hall–Kier alpha value is -0.530. The molecule has 0 aliphatic carbocycles. The number of carbonyl (C=O) groups excluding carboxylic acids is 1. The monoisotopic (exact) mass is 304 g/mol. The van der Waals surface area contributed by atoms with E-state index in [2.05, 4.69) is 5.32 Å². The lowest BCUT2D eigenvalue weighted by atomic mass is 9.79. The third-order valence-corrected chi connectivity index (χ3v) is 5.75. The second-order valence-electron chi connectivity index (χ2n) is 5.15. The SMILES string of the molecule is NC(=S)C1(C(=O)NC2CCS(=O)CC2)CCOCC1. The van der Waals surface area contributed by atoms with Crippen molar-refractivity contribution in [3.05, 3.63) is 0 Å². The standard InChI is InChI=1S/C12H20N2O3S2/c13-10(18)12(3-5-17-6-4-12)11(15)14-9-1-7-19(16)8-2-9/h9H,1-8H2,(H2,13,18)(H,14,15). The summed E-state index contributed by atoms with van der Waals surface area (Å²) in [6, 6.07) is 0.0965. The largest absolute Gasteiger partial charge is 0.392 e. The van der Waals surface area contributed by atoms with E-state index >= 15 is 0 Å². The normalized spacial score (nSPS) is 30.5. The van der Waals surface area contributed by atoms with Gasteiger partial charge in [0.25, 0.3) is 0 Å². The van der Waals surface area contributed by atoms with Gasteiger partial charge in [-0.15, -0.1) is 0 Å². The van der Waals surface area contributed by atoms with E-state index in [0.717, 1.165) is 12.8 Å². The van der Waals surface area contributed by atoms with E-state index < -0.39 is 16.2 Å². The van der Waals surface area contributed by atoms with Crippen molar-refractivity contribution in [2.45, 2.75) is 31.7 Å². The summed E-state index contributed by atoms with van der Waals surface area (Å²) in [7, 11) is -0.721. The van der Waals surface area contributed by atoms with Crippen LogP contribution in [0.25, 0.3) is 0 Å². The molecule has 2 fully saturated rings. The summed E-state index contributed by atoms with van der Waals surface area (Å²) >= 11 is 5.10. The fourth-order valence-corrected chi connectivity index (χ4v) is 4.16. The first kappa shape index (κ1) is 14.9. The number of amides is 1. The van der Waals surface area contributed by atoms with E-state index in [-0.39, 0.29) is 16.9 Å². The van der Waals surface area contributed by atoms with Crippen molar-refractivity contribution >= 4 is 33.9 Å². The van der Waals surface area contributed by atoms with E-state index in [4.69, 9.17) is 22.7 Å². The van der Waals surface area contributed by atoms with Gasteiger partial charge in [-0.25, -0.2) is 0 Å². The molecule has 5 nitrogen and oxygen atoms in total. The average molecular weight is 304 g/mol. The van der Waals surface area contributed by atoms with Crippen LogP contribution in [0.1, 0.15) is 25.7 Å². The zero-order valence-corrected chi connectivity index (χ0v) is 12.5. The molecule has 0 bridgehead atoms. The zero-order valence-electron chi connectivity index (χ0n) is 10.9. The molecule has 0 aromatic carbocycles. The molecule has 2 saturated heterocycles. The van der Waals surface area contributed by atoms with Crippen LogP contribution in [-0.2, 0) is 20.3 Å². The van der Waals surface area contributed by atoms with Crippen molar-refractivity contribution in [2.75, 3.05) is 24.7 Å². The van der Waals surface area contributed by atoms with Crippen molar-refractivity contribution in [3.63, 3.8) is 0 Å². The van der Waals surface area contributed by atoms with Crippen LogP contribution in [0.15, 0.2) is 0 Å². The van der Waals surface area contributed by atoms with Gasteiger partial charge in [0.1, 0.15) is 5.41 Å². The molecule has 0 spiro atoms. The first-order chi connectivity index (χ1) is 9.04. The molecule has 108 valence electrons. The molecule has 2 aliphatic rings. The first-order valence-electron chi connectivity index (χ1n) is 6.58. The van der Waals surface area contributed by atoms with E-state index in [0.29, 0.717) is 37.6 Å². The summed E-state index contributed by atoms with van der Waals surface area (Å²) in [5, 5.41) is 3.03. The van der Waals surface area contributed by atoms with Crippen molar-refractivity contribution in [3.8, 4) is 0 Å². The highest BCUT2D eigenvalue weighted by Crippen LogP contribution is 2.31. The number of hydrogen-bond donors (Lipinski definition) is 2. The Morgan fingerprint density at radius 2 is 1.89 bits per heavy atom. The number of thiocarbonyl (C=S) groups is 1. The summed E-state index contributed by atoms with van der Waals surface area (Å²) in [5.41, 5.74) is 5.04. The van der Waals surface area contributed by atoms with Crippen LogP contribution in [0.3, 0.4) is 0 Å². The predicted octanol–water partition coefficient (Wildman–Crippen LogP) is 0.0966. The van der Waals surface area contributed by atoms with Gasteiger partial charge in [-0.05, 0) is 25.7 Å². The minimum atomic E-state index is -0.760. The number of carbonyl (C=O) groups is 1. The number of ether oxygens (including phenoxy) is 1. The molecule has 19 heavy (non-hydrogen) atoms. The quantitative estimate of drug-likeness (QED) is 0.723. The lowest BCUT2D eigenvalue weighted by Gasteiger charge is -2.36. The molecular weight excluding hydrogens is 284 g/mol. The third kappa shape index (κ3) is 3.32. The lowest BCUT2D eigenvalue weighted by Crippen LogP contribution is -2.54. The van der Waals surface area contributed by atoms with Crippen LogP contribution in [0, 0.1) is 5.41 Å². The highest BCUT2D eigenvalue weighted by Gasteiger charge is 2.43. The number of nitrogens with one attached hydrogen (secondary N) is 1.